The second-order valence-electron chi connectivity index (χ2n) is 1.45. The summed E-state index contributed by atoms with van der Waals surface area (Å²) < 4.78 is 14.0. The maximum atomic E-state index is 9.73. The summed E-state index contributed by atoms with van der Waals surface area (Å²) in [4.78, 5) is 9.73. The van der Waals surface area contributed by atoms with E-state index in [1.807, 2.05) is 6.92 Å². The molecule has 48 valence electrons. The van der Waals surface area contributed by atoms with Crippen molar-refractivity contribution >= 4 is 9.17 Å². The standard InChI is InChI=1S/C4H9O3Si.K/c1-2-3-4-7-8(5)6;/h2-4H2,1H3;/q-1;+1. The van der Waals surface area contributed by atoms with E-state index in [-0.39, 0.29) is 51.4 Å². The second-order valence-corrected chi connectivity index (χ2v) is 2.24. The average Bonchev–Trinajstić information content (AvgIpc) is 1.66. The van der Waals surface area contributed by atoms with Crippen LogP contribution in [-0.2, 0) is 8.89 Å². The van der Waals surface area contributed by atoms with Crippen molar-refractivity contribution < 1.29 is 65.1 Å². The van der Waals surface area contributed by atoms with Crippen molar-refractivity contribution in [2.75, 3.05) is 6.61 Å². The monoisotopic (exact) mass is 172 g/mol. The molecule has 0 spiro atoms. The summed E-state index contributed by atoms with van der Waals surface area (Å²) in [7, 11) is -2.91. The minimum Gasteiger partial charge on any atom is -0.588 e. The van der Waals surface area contributed by atoms with E-state index in [1.54, 1.807) is 0 Å². The number of hydrogen-bond acceptors (Lipinski definition) is 3. The third-order valence-electron chi connectivity index (χ3n) is 0.718. The molecule has 9 heavy (non-hydrogen) atoms. The van der Waals surface area contributed by atoms with Crippen LogP contribution in [0.25, 0.3) is 0 Å². The molecule has 0 rings (SSSR count). The molecule has 0 aliphatic heterocycles. The van der Waals surface area contributed by atoms with Gasteiger partial charge in [-0.05, 0) is 6.42 Å². The van der Waals surface area contributed by atoms with Gasteiger partial charge < -0.3 is 13.7 Å². The topological polar surface area (TPSA) is 49.4 Å². The molecular formula is C4H9KO3Si. The van der Waals surface area contributed by atoms with Crippen molar-refractivity contribution in [3.63, 3.8) is 0 Å². The Morgan fingerprint density at radius 1 is 1.67 bits per heavy atom. The van der Waals surface area contributed by atoms with Gasteiger partial charge in [0.05, 0.1) is 0 Å². The molecule has 0 saturated carbocycles. The minimum absolute atomic E-state index is 0. The maximum Gasteiger partial charge on any atom is 1.00 e. The third kappa shape index (κ3) is 12.4. The SMILES string of the molecule is CCCCO[Si](=O)[O-].[K+]. The smallest absolute Gasteiger partial charge is 0.588 e. The molecule has 0 unspecified atom stereocenters. The van der Waals surface area contributed by atoms with E-state index < -0.39 is 9.17 Å². The quantitative estimate of drug-likeness (QED) is 0.328. The molecule has 0 heterocycles. The van der Waals surface area contributed by atoms with E-state index in [0.29, 0.717) is 6.61 Å². The van der Waals surface area contributed by atoms with E-state index in [9.17, 15) is 9.26 Å². The van der Waals surface area contributed by atoms with Gasteiger partial charge in [0, 0.05) is 6.61 Å². The first-order valence-corrected chi connectivity index (χ1v) is 3.83. The third-order valence-corrected chi connectivity index (χ3v) is 1.16. The van der Waals surface area contributed by atoms with Gasteiger partial charge >= 0.3 is 60.6 Å². The fourth-order valence-corrected chi connectivity index (χ4v) is 0.611. The van der Waals surface area contributed by atoms with Gasteiger partial charge in [0.2, 0.25) is 0 Å². The summed E-state index contributed by atoms with van der Waals surface area (Å²) >= 11 is 0. The Bertz CT molecular complexity index is 78.2. The van der Waals surface area contributed by atoms with Crippen molar-refractivity contribution in [3.8, 4) is 0 Å². The van der Waals surface area contributed by atoms with Crippen molar-refractivity contribution in [2.24, 2.45) is 0 Å². The molecular weight excluding hydrogens is 163 g/mol. The van der Waals surface area contributed by atoms with Crippen LogP contribution >= 0.6 is 0 Å². The fourth-order valence-electron chi connectivity index (χ4n) is 0.300. The number of unbranched alkanes of at least 4 members (excludes halogenated alkanes) is 1. The van der Waals surface area contributed by atoms with Gasteiger partial charge in [-0.2, -0.15) is 0 Å². The van der Waals surface area contributed by atoms with E-state index in [0.717, 1.165) is 12.8 Å². The Kier molecular flexibility index (Phi) is 13.3. The molecule has 0 saturated heterocycles. The van der Waals surface area contributed by atoms with Crippen molar-refractivity contribution in [3.05, 3.63) is 0 Å². The zero-order valence-corrected chi connectivity index (χ0v) is 9.97. The molecule has 0 atom stereocenters. The van der Waals surface area contributed by atoms with E-state index in [1.165, 1.54) is 0 Å². The van der Waals surface area contributed by atoms with Crippen LogP contribution in [0.5, 0.6) is 0 Å². The van der Waals surface area contributed by atoms with E-state index in [2.05, 4.69) is 4.43 Å². The maximum absolute atomic E-state index is 9.73. The van der Waals surface area contributed by atoms with E-state index >= 15 is 0 Å². The molecule has 0 aromatic heterocycles. The summed E-state index contributed by atoms with van der Waals surface area (Å²) in [6.07, 6.45) is 1.79. The van der Waals surface area contributed by atoms with Gasteiger partial charge in [-0.1, -0.05) is 13.3 Å². The first kappa shape index (κ1) is 12.9. The molecule has 5 heteroatoms. The molecule has 0 N–H and O–H groups in total. The largest absolute Gasteiger partial charge is 1.00 e. The van der Waals surface area contributed by atoms with Gasteiger partial charge in [0.15, 0.2) is 0 Å². The van der Waals surface area contributed by atoms with Crippen LogP contribution in [0.15, 0.2) is 0 Å². The Morgan fingerprint density at radius 3 is 2.56 bits per heavy atom. The molecule has 0 amide bonds. The van der Waals surface area contributed by atoms with Crippen LogP contribution in [0, 0.1) is 0 Å². The Labute approximate surface area is 99.1 Å². The van der Waals surface area contributed by atoms with Crippen LogP contribution in [0.4, 0.5) is 0 Å². The van der Waals surface area contributed by atoms with Crippen LogP contribution in [0.1, 0.15) is 19.8 Å². The fraction of sp³-hybridized carbons (Fsp3) is 1.00. The van der Waals surface area contributed by atoms with Gasteiger partial charge in [-0.25, -0.2) is 0 Å². The van der Waals surface area contributed by atoms with Crippen LogP contribution in [0.2, 0.25) is 0 Å². The molecule has 0 aromatic carbocycles. The Balaban J connectivity index is 0. The normalized spacial score (nSPS) is 7.67. The summed E-state index contributed by atoms with van der Waals surface area (Å²) in [5, 5.41) is 0. The Hall–Kier alpha value is 1.25. The predicted molar refractivity (Wildman–Crippen MR) is 27.3 cm³/mol. The number of rotatable bonds is 4. The van der Waals surface area contributed by atoms with Gasteiger partial charge in [0.1, 0.15) is 0 Å². The molecule has 3 nitrogen and oxygen atoms in total. The molecule has 0 fully saturated rings. The molecule has 0 aliphatic rings. The molecule has 0 radical (unpaired) electrons. The second kappa shape index (κ2) is 9.25. The average molecular weight is 172 g/mol. The van der Waals surface area contributed by atoms with Gasteiger partial charge in [-0.3, -0.25) is 0 Å². The summed E-state index contributed by atoms with van der Waals surface area (Å²) in [6.45, 7) is 2.32. The summed E-state index contributed by atoms with van der Waals surface area (Å²) in [5.74, 6) is 0. The van der Waals surface area contributed by atoms with Gasteiger partial charge in [-0.15, -0.1) is 0 Å². The zero-order chi connectivity index (χ0) is 6.41. The van der Waals surface area contributed by atoms with Crippen LogP contribution < -0.4 is 56.2 Å². The molecule has 0 aliphatic carbocycles. The molecule has 0 bridgehead atoms. The first-order chi connectivity index (χ1) is 3.77. The van der Waals surface area contributed by atoms with Crippen molar-refractivity contribution in [1.82, 2.24) is 0 Å². The van der Waals surface area contributed by atoms with E-state index in [4.69, 9.17) is 0 Å². The van der Waals surface area contributed by atoms with Gasteiger partial charge in [0.25, 0.3) is 0 Å². The van der Waals surface area contributed by atoms with Crippen molar-refractivity contribution in [2.45, 2.75) is 19.8 Å². The zero-order valence-electron chi connectivity index (χ0n) is 5.85. The summed E-state index contributed by atoms with van der Waals surface area (Å²) in [6, 6.07) is 0. The predicted octanol–water partition coefficient (Wildman–Crippen LogP) is -3.42. The molecule has 0 aromatic rings. The minimum atomic E-state index is -2.91. The van der Waals surface area contributed by atoms with Crippen LogP contribution in [-0.4, -0.2) is 15.8 Å². The number of hydrogen-bond donors (Lipinski definition) is 0. The Morgan fingerprint density at radius 2 is 2.22 bits per heavy atom. The van der Waals surface area contributed by atoms with Crippen molar-refractivity contribution in [1.29, 1.82) is 0 Å². The van der Waals surface area contributed by atoms with Crippen LogP contribution in [0.3, 0.4) is 0 Å². The first-order valence-electron chi connectivity index (χ1n) is 2.61. The summed E-state index contributed by atoms with van der Waals surface area (Å²) in [5.41, 5.74) is 0.